The molecule has 0 saturated heterocycles. The average molecular weight is 309 g/mol. The van der Waals surface area contributed by atoms with Crippen LogP contribution < -0.4 is 9.47 Å². The Labute approximate surface area is 133 Å². The summed E-state index contributed by atoms with van der Waals surface area (Å²) in [5.41, 5.74) is 0.419. The van der Waals surface area contributed by atoms with Crippen LogP contribution in [0.2, 0.25) is 0 Å². The van der Waals surface area contributed by atoms with E-state index in [2.05, 4.69) is 0 Å². The maximum atomic E-state index is 12.2. The highest BCUT2D eigenvalue weighted by Crippen LogP contribution is 2.26. The van der Waals surface area contributed by atoms with Crippen molar-refractivity contribution in [2.75, 3.05) is 20.3 Å². The van der Waals surface area contributed by atoms with E-state index in [4.69, 9.17) is 14.2 Å². The van der Waals surface area contributed by atoms with Crippen molar-refractivity contribution in [1.29, 1.82) is 0 Å². The first-order valence-corrected chi connectivity index (χ1v) is 7.58. The Kier molecular flexibility index (Phi) is 6.53. The van der Waals surface area contributed by atoms with Crippen LogP contribution >= 0.6 is 0 Å². The topological polar surface area (TPSA) is 48.0 Å². The molecule has 0 unspecified atom stereocenters. The summed E-state index contributed by atoms with van der Waals surface area (Å²) in [6.45, 7) is 11.0. The second-order valence-electron chi connectivity index (χ2n) is 5.90. The summed E-state index contributed by atoms with van der Waals surface area (Å²) in [4.78, 5) is 13.9. The third kappa shape index (κ3) is 5.47. The maximum absolute atomic E-state index is 12.2. The van der Waals surface area contributed by atoms with Crippen LogP contribution in [0.15, 0.2) is 18.2 Å². The molecule has 0 spiro atoms. The van der Waals surface area contributed by atoms with E-state index in [9.17, 15) is 4.79 Å². The summed E-state index contributed by atoms with van der Waals surface area (Å²) in [6, 6.07) is 5.61. The van der Waals surface area contributed by atoms with Crippen LogP contribution in [0, 0.1) is 0 Å². The van der Waals surface area contributed by atoms with Crippen LogP contribution in [0.3, 0.4) is 0 Å². The molecule has 0 N–H and O–H groups in total. The van der Waals surface area contributed by atoms with Gasteiger partial charge in [0, 0.05) is 18.2 Å². The van der Waals surface area contributed by atoms with Gasteiger partial charge in [0.2, 0.25) is 0 Å². The van der Waals surface area contributed by atoms with Crippen molar-refractivity contribution in [1.82, 2.24) is 4.90 Å². The minimum absolute atomic E-state index is 0.326. The zero-order valence-corrected chi connectivity index (χ0v) is 14.4. The first-order chi connectivity index (χ1) is 10.3. The van der Waals surface area contributed by atoms with Crippen LogP contribution in [0.25, 0.3) is 0 Å². The van der Waals surface area contributed by atoms with E-state index in [1.807, 2.05) is 52.8 Å². The van der Waals surface area contributed by atoms with E-state index in [1.54, 1.807) is 12.0 Å². The third-order valence-corrected chi connectivity index (χ3v) is 2.97. The van der Waals surface area contributed by atoms with E-state index in [0.29, 0.717) is 19.7 Å². The van der Waals surface area contributed by atoms with Crippen LogP contribution in [0.4, 0.5) is 4.79 Å². The van der Waals surface area contributed by atoms with Crippen LogP contribution in [-0.4, -0.2) is 36.9 Å². The summed E-state index contributed by atoms with van der Waals surface area (Å²) >= 11 is 0. The molecule has 0 aromatic heterocycles. The smallest absolute Gasteiger partial charge is 0.410 e. The molecule has 1 aromatic rings. The van der Waals surface area contributed by atoms with E-state index >= 15 is 0 Å². The standard InChI is InChI=1S/C17H27NO4/c1-7-18(16(19)22-17(3,4)5)12-13-9-10-14(20-6)11-15(13)21-8-2/h9-11H,7-8,12H2,1-6H3. The molecule has 1 aromatic carbocycles. The molecule has 1 amide bonds. The third-order valence-electron chi connectivity index (χ3n) is 2.97. The molecule has 0 aliphatic heterocycles. The maximum Gasteiger partial charge on any atom is 0.410 e. The van der Waals surface area contributed by atoms with Crippen molar-refractivity contribution in [2.24, 2.45) is 0 Å². The van der Waals surface area contributed by atoms with E-state index in [0.717, 1.165) is 17.1 Å². The lowest BCUT2D eigenvalue weighted by molar-refractivity contribution is 0.0243. The minimum atomic E-state index is -0.507. The van der Waals surface area contributed by atoms with E-state index in [1.165, 1.54) is 0 Å². The molecular formula is C17H27NO4. The predicted molar refractivity (Wildman–Crippen MR) is 86.5 cm³/mol. The highest BCUT2D eigenvalue weighted by atomic mass is 16.6. The lowest BCUT2D eigenvalue weighted by Gasteiger charge is -2.27. The number of hydrogen-bond acceptors (Lipinski definition) is 4. The van der Waals surface area contributed by atoms with E-state index < -0.39 is 5.60 Å². The van der Waals surface area contributed by atoms with Gasteiger partial charge >= 0.3 is 6.09 Å². The Morgan fingerprint density at radius 2 is 1.91 bits per heavy atom. The molecule has 5 heteroatoms. The van der Waals surface area contributed by atoms with Crippen molar-refractivity contribution in [3.05, 3.63) is 23.8 Å². The van der Waals surface area contributed by atoms with Gasteiger partial charge in [-0.15, -0.1) is 0 Å². The Hall–Kier alpha value is -1.91. The van der Waals surface area contributed by atoms with Gasteiger partial charge in [-0.2, -0.15) is 0 Å². The number of hydrogen-bond donors (Lipinski definition) is 0. The van der Waals surface area contributed by atoms with Gasteiger partial charge < -0.3 is 19.1 Å². The lowest BCUT2D eigenvalue weighted by Crippen LogP contribution is -2.36. The van der Waals surface area contributed by atoms with Crippen molar-refractivity contribution >= 4 is 6.09 Å². The van der Waals surface area contributed by atoms with Crippen molar-refractivity contribution in [3.63, 3.8) is 0 Å². The fourth-order valence-electron chi connectivity index (χ4n) is 1.92. The summed E-state index contributed by atoms with van der Waals surface area (Å²) in [5, 5.41) is 0. The number of amides is 1. The van der Waals surface area contributed by atoms with Crippen molar-refractivity contribution in [2.45, 2.75) is 46.8 Å². The summed E-state index contributed by atoms with van der Waals surface area (Å²) in [7, 11) is 1.61. The summed E-state index contributed by atoms with van der Waals surface area (Å²) < 4.78 is 16.3. The zero-order chi connectivity index (χ0) is 16.8. The normalized spacial score (nSPS) is 11.0. The first-order valence-electron chi connectivity index (χ1n) is 7.58. The molecule has 0 saturated carbocycles. The SMILES string of the molecule is CCOc1cc(OC)ccc1CN(CC)C(=O)OC(C)(C)C. The fraction of sp³-hybridized carbons (Fsp3) is 0.588. The number of benzene rings is 1. The van der Waals surface area contributed by atoms with Crippen molar-refractivity contribution < 1.29 is 19.0 Å². The number of ether oxygens (including phenoxy) is 3. The van der Waals surface area contributed by atoms with Gasteiger partial charge in [0.25, 0.3) is 0 Å². The molecule has 0 aliphatic carbocycles. The molecule has 0 bridgehead atoms. The van der Waals surface area contributed by atoms with Crippen molar-refractivity contribution in [3.8, 4) is 11.5 Å². The van der Waals surface area contributed by atoms with Gasteiger partial charge in [-0.1, -0.05) is 0 Å². The minimum Gasteiger partial charge on any atom is -0.497 e. The van der Waals surface area contributed by atoms with Gasteiger partial charge in [0.05, 0.1) is 20.3 Å². The van der Waals surface area contributed by atoms with Crippen LogP contribution in [0.1, 0.15) is 40.2 Å². The second kappa shape index (κ2) is 7.92. The van der Waals surface area contributed by atoms with Gasteiger partial charge in [0.1, 0.15) is 17.1 Å². The quantitative estimate of drug-likeness (QED) is 0.801. The molecule has 0 fully saturated rings. The molecule has 124 valence electrons. The molecule has 0 heterocycles. The monoisotopic (exact) mass is 309 g/mol. The second-order valence-corrected chi connectivity index (χ2v) is 5.90. The Bertz CT molecular complexity index is 494. The Balaban J connectivity index is 2.92. The fourth-order valence-corrected chi connectivity index (χ4v) is 1.92. The number of carbonyl (C=O) groups excluding carboxylic acids is 1. The van der Waals surface area contributed by atoms with Gasteiger partial charge in [-0.3, -0.25) is 0 Å². The van der Waals surface area contributed by atoms with E-state index in [-0.39, 0.29) is 6.09 Å². The van der Waals surface area contributed by atoms with Gasteiger partial charge in [-0.25, -0.2) is 4.79 Å². The van der Waals surface area contributed by atoms with Gasteiger partial charge in [-0.05, 0) is 46.8 Å². The summed E-state index contributed by atoms with van der Waals surface area (Å²) in [6.07, 6.45) is -0.326. The number of carbonyl (C=O) groups is 1. The lowest BCUT2D eigenvalue weighted by atomic mass is 10.1. The molecule has 1 rings (SSSR count). The molecule has 5 nitrogen and oxygen atoms in total. The molecule has 22 heavy (non-hydrogen) atoms. The van der Waals surface area contributed by atoms with Crippen LogP contribution in [0.5, 0.6) is 11.5 Å². The number of rotatable bonds is 6. The number of nitrogens with zero attached hydrogens (tertiary/aromatic N) is 1. The zero-order valence-electron chi connectivity index (χ0n) is 14.4. The summed E-state index contributed by atoms with van der Waals surface area (Å²) in [5.74, 6) is 1.45. The average Bonchev–Trinajstić information content (AvgIpc) is 2.44. The molecule has 0 atom stereocenters. The highest BCUT2D eigenvalue weighted by molar-refractivity contribution is 5.68. The molecule has 0 aliphatic rings. The molecule has 0 radical (unpaired) electrons. The Morgan fingerprint density at radius 3 is 2.41 bits per heavy atom. The number of methoxy groups -OCH3 is 1. The van der Waals surface area contributed by atoms with Crippen LogP contribution in [-0.2, 0) is 11.3 Å². The van der Waals surface area contributed by atoms with Gasteiger partial charge in [0.15, 0.2) is 0 Å². The highest BCUT2D eigenvalue weighted by Gasteiger charge is 2.22. The Morgan fingerprint density at radius 1 is 1.23 bits per heavy atom. The largest absolute Gasteiger partial charge is 0.497 e. The molecular weight excluding hydrogens is 282 g/mol. The predicted octanol–water partition coefficient (Wildman–Crippen LogP) is 3.85. The first kappa shape index (κ1) is 18.1.